The molecule has 0 bridgehead atoms. The molecule has 130 valence electrons. The van der Waals surface area contributed by atoms with Gasteiger partial charge in [0.15, 0.2) is 16.6 Å². The van der Waals surface area contributed by atoms with Gasteiger partial charge in [-0.2, -0.15) is 5.10 Å². The van der Waals surface area contributed by atoms with Crippen LogP contribution in [0.1, 0.15) is 12.5 Å². The molecule has 0 aliphatic rings. The van der Waals surface area contributed by atoms with E-state index < -0.39 is 0 Å². The van der Waals surface area contributed by atoms with E-state index >= 15 is 0 Å². The molecule has 0 spiro atoms. The molecule has 8 heteroatoms. The van der Waals surface area contributed by atoms with Crippen LogP contribution in [0.2, 0.25) is 5.02 Å². The van der Waals surface area contributed by atoms with E-state index in [0.29, 0.717) is 33.8 Å². The minimum Gasteiger partial charge on any atom is -0.493 e. The summed E-state index contributed by atoms with van der Waals surface area (Å²) < 4.78 is 15.7. The van der Waals surface area contributed by atoms with Gasteiger partial charge in [0.2, 0.25) is 0 Å². The molecule has 0 aliphatic heterocycles. The smallest absolute Gasteiger partial charge is 0.187 e. The quantitative estimate of drug-likeness (QED) is 0.317. The summed E-state index contributed by atoms with van der Waals surface area (Å²) in [5, 5.41) is 7.85. The molecule has 0 aromatic heterocycles. The van der Waals surface area contributed by atoms with Gasteiger partial charge in [-0.3, -0.25) is 5.43 Å². The lowest BCUT2D eigenvalue weighted by Crippen LogP contribution is -2.40. The molecule has 0 radical (unpaired) electrons. The molecule has 1 rings (SSSR count). The van der Waals surface area contributed by atoms with Crippen molar-refractivity contribution < 1.29 is 14.2 Å². The number of hydrogen-bond donors (Lipinski definition) is 2. The van der Waals surface area contributed by atoms with Crippen molar-refractivity contribution in [2.75, 3.05) is 27.4 Å². The van der Waals surface area contributed by atoms with Gasteiger partial charge >= 0.3 is 0 Å². The molecule has 0 unspecified atom stereocenters. The minimum absolute atomic E-state index is 0.0762. The van der Waals surface area contributed by atoms with Gasteiger partial charge in [-0.15, -0.1) is 6.42 Å². The van der Waals surface area contributed by atoms with Crippen molar-refractivity contribution in [1.82, 2.24) is 10.7 Å². The maximum Gasteiger partial charge on any atom is 0.187 e. The Morgan fingerprint density at radius 2 is 2.25 bits per heavy atom. The third-order valence-electron chi connectivity index (χ3n) is 2.73. The van der Waals surface area contributed by atoms with Gasteiger partial charge in [-0.1, -0.05) is 17.5 Å². The van der Waals surface area contributed by atoms with Gasteiger partial charge in [0, 0.05) is 13.2 Å². The van der Waals surface area contributed by atoms with Crippen molar-refractivity contribution in [3.8, 4) is 23.8 Å². The first-order chi connectivity index (χ1) is 11.5. The van der Waals surface area contributed by atoms with Crippen LogP contribution in [-0.4, -0.2) is 44.8 Å². The standard InChI is InChI=1S/C16H20ClN3O3S/c1-5-6-23-15-13(17)7-12(8-14(15)22-4)9-18-20-16(24)19-11(2)10-21-3/h1,7-9,11H,6,10H2,2-4H3,(H2,19,20,24)/b18-9-/t11-/m1/s1. The van der Waals surface area contributed by atoms with Gasteiger partial charge < -0.3 is 19.5 Å². The van der Waals surface area contributed by atoms with Crippen LogP contribution in [0.25, 0.3) is 0 Å². The number of benzene rings is 1. The lowest BCUT2D eigenvalue weighted by Gasteiger charge is -2.14. The average molecular weight is 370 g/mol. The lowest BCUT2D eigenvalue weighted by molar-refractivity contribution is 0.179. The zero-order chi connectivity index (χ0) is 17.9. The van der Waals surface area contributed by atoms with Crippen molar-refractivity contribution in [1.29, 1.82) is 0 Å². The Morgan fingerprint density at radius 1 is 1.50 bits per heavy atom. The molecule has 0 saturated carbocycles. The normalized spacial score (nSPS) is 11.6. The summed E-state index contributed by atoms with van der Waals surface area (Å²) in [6.07, 6.45) is 6.74. The number of methoxy groups -OCH3 is 2. The highest BCUT2D eigenvalue weighted by Gasteiger charge is 2.11. The molecule has 24 heavy (non-hydrogen) atoms. The molecule has 1 atom stereocenters. The lowest BCUT2D eigenvalue weighted by atomic mass is 10.2. The first-order valence-corrected chi connectivity index (χ1v) is 7.82. The van der Waals surface area contributed by atoms with Crippen molar-refractivity contribution in [3.63, 3.8) is 0 Å². The fourth-order valence-electron chi connectivity index (χ4n) is 1.78. The van der Waals surface area contributed by atoms with Gasteiger partial charge in [0.25, 0.3) is 0 Å². The summed E-state index contributed by atoms with van der Waals surface area (Å²) in [4.78, 5) is 0. The highest BCUT2D eigenvalue weighted by atomic mass is 35.5. The third-order valence-corrected chi connectivity index (χ3v) is 3.22. The topological polar surface area (TPSA) is 64.1 Å². The summed E-state index contributed by atoms with van der Waals surface area (Å²) in [5.74, 6) is 3.24. The summed E-state index contributed by atoms with van der Waals surface area (Å²) in [6.45, 7) is 2.59. The molecular formula is C16H20ClN3O3S. The Bertz CT molecular complexity index is 632. The van der Waals surface area contributed by atoms with Crippen LogP contribution < -0.4 is 20.2 Å². The SMILES string of the molecule is C#CCOc1c(Cl)cc(/C=N\NC(=S)N[C@H](C)COC)cc1OC. The van der Waals surface area contributed by atoms with Gasteiger partial charge in [-0.25, -0.2) is 0 Å². The van der Waals surface area contributed by atoms with Crippen LogP contribution in [-0.2, 0) is 4.74 Å². The van der Waals surface area contributed by atoms with Crippen LogP contribution in [0.5, 0.6) is 11.5 Å². The largest absolute Gasteiger partial charge is 0.493 e. The fraction of sp³-hybridized carbons (Fsp3) is 0.375. The van der Waals surface area contributed by atoms with Crippen molar-refractivity contribution >= 4 is 35.1 Å². The second-order valence-electron chi connectivity index (χ2n) is 4.73. The van der Waals surface area contributed by atoms with Crippen LogP contribution in [0.15, 0.2) is 17.2 Å². The summed E-state index contributed by atoms with van der Waals surface area (Å²) in [6, 6.07) is 3.49. The Hall–Kier alpha value is -2.01. The number of halogens is 1. The molecule has 1 aromatic rings. The molecule has 0 fully saturated rings. The Labute approximate surface area is 152 Å². The molecular weight excluding hydrogens is 350 g/mol. The number of rotatable bonds is 8. The van der Waals surface area contributed by atoms with Crippen LogP contribution in [0.4, 0.5) is 0 Å². The molecule has 0 saturated heterocycles. The molecule has 6 nitrogen and oxygen atoms in total. The summed E-state index contributed by atoms with van der Waals surface area (Å²) >= 11 is 11.3. The van der Waals surface area contributed by atoms with E-state index in [1.807, 2.05) is 6.92 Å². The summed E-state index contributed by atoms with van der Waals surface area (Å²) in [7, 11) is 3.14. The zero-order valence-electron chi connectivity index (χ0n) is 13.8. The second kappa shape index (κ2) is 10.7. The van der Waals surface area contributed by atoms with Crippen LogP contribution in [0, 0.1) is 12.3 Å². The van der Waals surface area contributed by atoms with Crippen LogP contribution in [0.3, 0.4) is 0 Å². The number of nitrogens with zero attached hydrogens (tertiary/aromatic N) is 1. The highest BCUT2D eigenvalue weighted by molar-refractivity contribution is 7.80. The van der Waals surface area contributed by atoms with Crippen molar-refractivity contribution in [3.05, 3.63) is 22.7 Å². The zero-order valence-corrected chi connectivity index (χ0v) is 15.3. The molecule has 0 heterocycles. The Morgan fingerprint density at radius 3 is 2.88 bits per heavy atom. The predicted molar refractivity (Wildman–Crippen MR) is 100 cm³/mol. The van der Waals surface area contributed by atoms with E-state index in [0.717, 1.165) is 0 Å². The number of ether oxygens (including phenoxy) is 3. The van der Waals surface area contributed by atoms with E-state index in [1.165, 1.54) is 7.11 Å². The predicted octanol–water partition coefficient (Wildman–Crippen LogP) is 2.19. The molecule has 1 aromatic carbocycles. The average Bonchev–Trinajstić information content (AvgIpc) is 2.53. The molecule has 2 N–H and O–H groups in total. The number of hydrogen-bond acceptors (Lipinski definition) is 5. The minimum atomic E-state index is 0.0762. The van der Waals surface area contributed by atoms with Gasteiger partial charge in [0.05, 0.1) is 25.0 Å². The maximum absolute atomic E-state index is 6.19. The third kappa shape index (κ3) is 6.62. The van der Waals surface area contributed by atoms with E-state index in [1.54, 1.807) is 25.5 Å². The summed E-state index contributed by atoms with van der Waals surface area (Å²) in [5.41, 5.74) is 3.43. The second-order valence-corrected chi connectivity index (χ2v) is 5.54. The molecule has 0 amide bonds. The van der Waals surface area contributed by atoms with E-state index in [-0.39, 0.29) is 12.6 Å². The molecule has 0 aliphatic carbocycles. The Balaban J connectivity index is 2.72. The maximum atomic E-state index is 6.19. The number of thiocarbonyl (C=S) groups is 1. The first-order valence-electron chi connectivity index (χ1n) is 7.04. The van der Waals surface area contributed by atoms with E-state index in [2.05, 4.69) is 21.8 Å². The van der Waals surface area contributed by atoms with Crippen LogP contribution >= 0.6 is 23.8 Å². The van der Waals surface area contributed by atoms with E-state index in [9.17, 15) is 0 Å². The fourth-order valence-corrected chi connectivity index (χ4v) is 2.31. The number of hydrazone groups is 1. The number of terminal acetylenes is 1. The van der Waals surface area contributed by atoms with E-state index in [4.69, 9.17) is 44.5 Å². The van der Waals surface area contributed by atoms with Gasteiger partial charge in [-0.05, 0) is 36.8 Å². The monoisotopic (exact) mass is 369 g/mol. The van der Waals surface area contributed by atoms with Gasteiger partial charge in [0.1, 0.15) is 6.61 Å². The first kappa shape index (κ1) is 20.0. The van der Waals surface area contributed by atoms with Crippen molar-refractivity contribution in [2.24, 2.45) is 5.10 Å². The number of nitrogens with one attached hydrogen (secondary N) is 2. The highest BCUT2D eigenvalue weighted by Crippen LogP contribution is 2.35. The van der Waals surface area contributed by atoms with Crippen molar-refractivity contribution in [2.45, 2.75) is 13.0 Å². The Kier molecular flexibility index (Phi) is 8.94.